The number of allylic oxidation sites excluding steroid dienone is 5. The third kappa shape index (κ3) is 68.4. The van der Waals surface area contributed by atoms with Crippen LogP contribution in [0.5, 0.6) is 0 Å². The first kappa shape index (κ1) is 85.2. The Labute approximate surface area is 542 Å². The molecular weight excluding hydrogens is 1100 g/mol. The summed E-state index contributed by atoms with van der Waals surface area (Å²) < 4.78 is 30.9. The fraction of sp³-hybridized carbons (Fsp3) is 0.896. The molecule has 0 saturated heterocycles. The average molecular weight is 1250 g/mol. The van der Waals surface area contributed by atoms with Gasteiger partial charge in [-0.2, -0.15) is 0 Å². The van der Waals surface area contributed by atoms with Gasteiger partial charge in [0.05, 0.1) is 33.8 Å². The number of amides is 1. The molecule has 3 atom stereocenters. The van der Waals surface area contributed by atoms with Crippen LogP contribution in [0.25, 0.3) is 0 Å². The molecule has 3 unspecified atom stereocenters. The maximum absolute atomic E-state index is 13.7. The van der Waals surface area contributed by atoms with E-state index in [9.17, 15) is 19.0 Å². The number of phosphoric ester groups is 1. The molecule has 9 nitrogen and oxygen atoms in total. The molecular formula is C77H150N2O7P+. The predicted octanol–water partition coefficient (Wildman–Crippen LogP) is 24.6. The van der Waals surface area contributed by atoms with Crippen molar-refractivity contribution in [2.75, 3.05) is 40.9 Å². The number of carbonyl (C=O) groups is 2. The topological polar surface area (TPSA) is 111 Å². The summed E-state index contributed by atoms with van der Waals surface area (Å²) in [7, 11) is 1.52. The highest BCUT2D eigenvalue weighted by Crippen LogP contribution is 2.43. The van der Waals surface area contributed by atoms with Crippen LogP contribution in [0, 0.1) is 0 Å². The van der Waals surface area contributed by atoms with E-state index in [1.165, 1.54) is 302 Å². The Morgan fingerprint density at radius 3 is 0.977 bits per heavy atom. The highest BCUT2D eigenvalue weighted by Gasteiger charge is 2.30. The predicted molar refractivity (Wildman–Crippen MR) is 379 cm³/mol. The first-order valence-electron chi connectivity index (χ1n) is 38.3. The minimum Gasteiger partial charge on any atom is -0.456 e. The lowest BCUT2D eigenvalue weighted by molar-refractivity contribution is -0.870. The summed E-state index contributed by atoms with van der Waals surface area (Å²) in [5, 5.41) is 3.09. The van der Waals surface area contributed by atoms with Crippen molar-refractivity contribution in [3.8, 4) is 0 Å². The quantitative estimate of drug-likeness (QED) is 0.0205. The Hall–Kier alpha value is -1.77. The highest BCUT2D eigenvalue weighted by atomic mass is 31.2. The van der Waals surface area contributed by atoms with Crippen molar-refractivity contribution in [3.05, 3.63) is 36.5 Å². The molecule has 0 aliphatic heterocycles. The summed E-state index contributed by atoms with van der Waals surface area (Å²) >= 11 is 0. The minimum atomic E-state index is -4.45. The summed E-state index contributed by atoms with van der Waals surface area (Å²) in [5.41, 5.74) is 0. The molecule has 0 radical (unpaired) electrons. The Morgan fingerprint density at radius 1 is 0.391 bits per heavy atom. The monoisotopic (exact) mass is 1250 g/mol. The van der Waals surface area contributed by atoms with E-state index < -0.39 is 20.0 Å². The van der Waals surface area contributed by atoms with Crippen molar-refractivity contribution < 1.29 is 37.3 Å². The number of nitrogens with one attached hydrogen (secondary N) is 1. The van der Waals surface area contributed by atoms with Gasteiger partial charge in [0.2, 0.25) is 5.91 Å². The summed E-state index contributed by atoms with van der Waals surface area (Å²) in [4.78, 5) is 38.0. The van der Waals surface area contributed by atoms with Crippen LogP contribution >= 0.6 is 7.82 Å². The van der Waals surface area contributed by atoms with E-state index in [4.69, 9.17) is 13.8 Å². The van der Waals surface area contributed by atoms with E-state index in [0.29, 0.717) is 23.9 Å². The first-order chi connectivity index (χ1) is 42.4. The van der Waals surface area contributed by atoms with Crippen LogP contribution in [0.1, 0.15) is 393 Å². The van der Waals surface area contributed by atoms with Gasteiger partial charge in [-0.1, -0.05) is 334 Å². The third-order valence-electron chi connectivity index (χ3n) is 17.6. The largest absolute Gasteiger partial charge is 0.472 e. The molecule has 0 aliphatic carbocycles. The zero-order valence-electron chi connectivity index (χ0n) is 59.0. The lowest BCUT2D eigenvalue weighted by Gasteiger charge is -2.27. The third-order valence-corrected chi connectivity index (χ3v) is 18.5. The molecule has 2 N–H and O–H groups in total. The molecule has 0 aromatic heterocycles. The lowest BCUT2D eigenvalue weighted by Crippen LogP contribution is -2.47. The number of likely N-dealkylation sites (N-methyl/N-ethyl adjacent to an activating group) is 1. The fourth-order valence-corrected chi connectivity index (χ4v) is 12.4. The summed E-state index contributed by atoms with van der Waals surface area (Å²) in [6, 6.07) is -0.846. The van der Waals surface area contributed by atoms with E-state index in [-0.39, 0.29) is 25.1 Å². The molecule has 0 aromatic carbocycles. The van der Waals surface area contributed by atoms with Gasteiger partial charge in [0.15, 0.2) is 0 Å². The number of esters is 1. The lowest BCUT2D eigenvalue weighted by atomic mass is 10.0. The highest BCUT2D eigenvalue weighted by molar-refractivity contribution is 7.47. The maximum atomic E-state index is 13.7. The van der Waals surface area contributed by atoms with Gasteiger partial charge in [-0.15, -0.1) is 0 Å². The van der Waals surface area contributed by atoms with Crippen LogP contribution in [0.2, 0.25) is 0 Å². The number of rotatable bonds is 71. The summed E-state index contributed by atoms with van der Waals surface area (Å²) in [5.74, 6) is -0.483. The van der Waals surface area contributed by atoms with E-state index in [1.807, 2.05) is 27.2 Å². The number of unbranched alkanes of at least 4 members (excludes halogenated alkanes) is 51. The smallest absolute Gasteiger partial charge is 0.456 e. The van der Waals surface area contributed by atoms with E-state index >= 15 is 0 Å². The second kappa shape index (κ2) is 67.1. The zero-order valence-corrected chi connectivity index (χ0v) is 59.9. The number of hydrogen-bond acceptors (Lipinski definition) is 6. The second-order valence-electron chi connectivity index (χ2n) is 27.5. The maximum Gasteiger partial charge on any atom is 0.472 e. The van der Waals surface area contributed by atoms with Gasteiger partial charge in [0.25, 0.3) is 0 Å². The molecule has 87 heavy (non-hydrogen) atoms. The Balaban J connectivity index is 4.97. The van der Waals surface area contributed by atoms with Crippen molar-refractivity contribution in [3.63, 3.8) is 0 Å². The Bertz CT molecular complexity index is 1580. The van der Waals surface area contributed by atoms with Gasteiger partial charge in [0.1, 0.15) is 19.3 Å². The Kier molecular flexibility index (Phi) is 65.8. The number of carbonyl (C=O) groups excluding carboxylic acids is 2. The molecule has 0 aliphatic rings. The van der Waals surface area contributed by atoms with Gasteiger partial charge in [-0.05, 0) is 83.1 Å². The average Bonchev–Trinajstić information content (AvgIpc) is 3.69. The van der Waals surface area contributed by atoms with E-state index in [0.717, 1.165) is 57.8 Å². The van der Waals surface area contributed by atoms with Crippen molar-refractivity contribution in [1.82, 2.24) is 5.32 Å². The number of phosphoric acid groups is 1. The van der Waals surface area contributed by atoms with Gasteiger partial charge in [-0.3, -0.25) is 18.6 Å². The van der Waals surface area contributed by atoms with Gasteiger partial charge >= 0.3 is 13.8 Å². The van der Waals surface area contributed by atoms with Crippen molar-refractivity contribution in [1.29, 1.82) is 0 Å². The van der Waals surface area contributed by atoms with Crippen LogP contribution in [0.15, 0.2) is 36.5 Å². The number of quaternary nitrogens is 1. The Morgan fingerprint density at radius 2 is 0.667 bits per heavy atom. The van der Waals surface area contributed by atoms with Crippen molar-refractivity contribution >= 4 is 19.7 Å². The molecule has 0 saturated carbocycles. The van der Waals surface area contributed by atoms with Crippen LogP contribution in [0.4, 0.5) is 0 Å². The van der Waals surface area contributed by atoms with Crippen molar-refractivity contribution in [2.24, 2.45) is 0 Å². The number of hydrogen-bond donors (Lipinski definition) is 2. The van der Waals surface area contributed by atoms with E-state index in [1.54, 1.807) is 0 Å². The van der Waals surface area contributed by atoms with E-state index in [2.05, 4.69) is 56.5 Å². The molecule has 10 heteroatoms. The van der Waals surface area contributed by atoms with Gasteiger partial charge in [0, 0.05) is 12.8 Å². The van der Waals surface area contributed by atoms with Crippen LogP contribution in [-0.2, 0) is 27.9 Å². The minimum absolute atomic E-state index is 0.0433. The van der Waals surface area contributed by atoms with Gasteiger partial charge in [-0.25, -0.2) is 4.57 Å². The van der Waals surface area contributed by atoms with Crippen LogP contribution in [0.3, 0.4) is 0 Å². The standard InChI is InChI=1S/C77H149N2O7P/c1-7-10-13-16-19-22-25-28-30-32-34-36-37-38-39-40-41-43-44-46-48-51-54-57-60-63-66-69-76(80)78-74(73-85-87(82,83)84-72-71-79(4,5)6)75(68-65-62-59-56-53-50-27-24-21-18-15-12-9-3)86-77(81)70-67-64-61-58-55-52-49-47-45-42-35-33-31-29-26-23-20-17-14-11-8-2/h28-31,65,68,74-75H,7-27,32-64,66-67,69-73H2,1-6H3,(H-,78,80,82,83)/p+1/b30-28+,31-29+,68-65-. The number of nitrogens with zero attached hydrogens (tertiary/aromatic N) is 1. The zero-order chi connectivity index (χ0) is 63.5. The first-order valence-corrected chi connectivity index (χ1v) is 39.8. The molecule has 0 heterocycles. The number of ether oxygens (including phenoxy) is 1. The van der Waals surface area contributed by atoms with Crippen LogP contribution in [-0.4, -0.2) is 74.3 Å². The second-order valence-corrected chi connectivity index (χ2v) is 29.0. The summed E-state index contributed by atoms with van der Waals surface area (Å²) in [6.07, 6.45) is 84.5. The molecule has 0 aromatic rings. The molecule has 0 bridgehead atoms. The molecule has 0 rings (SSSR count). The molecule has 514 valence electrons. The normalized spacial score (nSPS) is 13.6. The van der Waals surface area contributed by atoms with Crippen LogP contribution < -0.4 is 5.32 Å². The SMILES string of the molecule is CCCCCCCC/C=C/CCCCCCCCCCCCCCCCCCCC(=O)NC(COP(=O)(O)OCC[N+](C)(C)C)C(/C=C\CCCCCCCCCCCCC)OC(=O)CCCCCCCCCCCCC/C=C/CCCCCCCC. The summed E-state index contributed by atoms with van der Waals surface area (Å²) in [6.45, 7) is 7.08. The fourth-order valence-electron chi connectivity index (χ4n) is 11.6. The van der Waals surface area contributed by atoms with Crippen molar-refractivity contribution in [2.45, 2.75) is 405 Å². The molecule has 0 spiro atoms. The molecule has 1 amide bonds. The molecule has 0 fully saturated rings. The van der Waals surface area contributed by atoms with Gasteiger partial charge < -0.3 is 19.4 Å².